The van der Waals surface area contributed by atoms with E-state index in [-0.39, 0.29) is 5.41 Å². The quantitative estimate of drug-likeness (QED) is 0.838. The topological polar surface area (TPSA) is 60.2 Å². The van der Waals surface area contributed by atoms with E-state index >= 15 is 0 Å². The number of aryl methyl sites for hydroxylation is 2. The van der Waals surface area contributed by atoms with Crippen molar-refractivity contribution in [2.24, 2.45) is 11.3 Å². The number of aromatic nitrogens is 1. The number of rotatable bonds is 3. The molecule has 1 saturated carbocycles. The first kappa shape index (κ1) is 17.3. The van der Waals surface area contributed by atoms with Crippen LogP contribution in [0.15, 0.2) is 6.07 Å². The average Bonchev–Trinajstić information content (AvgIpc) is 2.99. The van der Waals surface area contributed by atoms with Gasteiger partial charge in [0.25, 0.3) is 0 Å². The summed E-state index contributed by atoms with van der Waals surface area (Å²) in [6, 6.07) is 4.28. The van der Waals surface area contributed by atoms with E-state index < -0.39 is 0 Å². The zero-order valence-corrected chi connectivity index (χ0v) is 15.9. The fourth-order valence-electron chi connectivity index (χ4n) is 4.93. The van der Waals surface area contributed by atoms with E-state index in [1.807, 2.05) is 19.9 Å². The summed E-state index contributed by atoms with van der Waals surface area (Å²) in [4.78, 5) is 22.3. The second-order valence-electron chi connectivity index (χ2n) is 8.49. The molecule has 1 aliphatic carbocycles. The molecule has 5 nitrogen and oxygen atoms in total. The van der Waals surface area contributed by atoms with Crippen LogP contribution in [0.1, 0.15) is 55.3 Å². The van der Waals surface area contributed by atoms with Crippen LogP contribution < -0.4 is 4.90 Å². The Bertz CT molecular complexity index is 764. The van der Waals surface area contributed by atoms with E-state index in [1.54, 1.807) is 0 Å². The third kappa shape index (κ3) is 2.86. The molecule has 2 aliphatic heterocycles. The molecule has 1 atom stereocenters. The molecule has 3 fully saturated rings. The second kappa shape index (κ2) is 6.57. The minimum Gasteiger partial charge on any atom is -0.354 e. The number of hydrogen-bond acceptors (Lipinski definition) is 4. The highest BCUT2D eigenvalue weighted by Gasteiger charge is 2.49. The van der Waals surface area contributed by atoms with Crippen molar-refractivity contribution in [3.63, 3.8) is 0 Å². The molecule has 0 N–H and O–H groups in total. The Morgan fingerprint density at radius 2 is 2.08 bits per heavy atom. The van der Waals surface area contributed by atoms with Crippen LogP contribution in [0, 0.1) is 36.5 Å². The maximum Gasteiger partial charge on any atom is 0.230 e. The molecule has 0 radical (unpaired) electrons. The molecule has 3 aliphatic rings. The van der Waals surface area contributed by atoms with Gasteiger partial charge in [0.05, 0.1) is 11.0 Å². The fourth-order valence-corrected chi connectivity index (χ4v) is 4.93. The van der Waals surface area contributed by atoms with Gasteiger partial charge in [0.15, 0.2) is 0 Å². The normalized spacial score (nSPS) is 26.3. The van der Waals surface area contributed by atoms with Crippen molar-refractivity contribution < 1.29 is 4.79 Å². The summed E-state index contributed by atoms with van der Waals surface area (Å²) in [5, 5.41) is 9.59. The molecule has 1 amide bonds. The number of nitrogens with zero attached hydrogens (tertiary/aromatic N) is 4. The summed E-state index contributed by atoms with van der Waals surface area (Å²) in [7, 11) is 0. The lowest BCUT2D eigenvalue weighted by Crippen LogP contribution is -2.51. The van der Waals surface area contributed by atoms with Crippen molar-refractivity contribution >= 4 is 11.7 Å². The smallest absolute Gasteiger partial charge is 0.230 e. The lowest BCUT2D eigenvalue weighted by Gasteiger charge is -2.42. The van der Waals surface area contributed by atoms with Crippen molar-refractivity contribution in [3.8, 4) is 6.07 Å². The third-order valence-corrected chi connectivity index (χ3v) is 6.62. The molecule has 3 heterocycles. The molecule has 0 unspecified atom stereocenters. The van der Waals surface area contributed by atoms with Gasteiger partial charge < -0.3 is 9.80 Å². The Balaban J connectivity index is 1.56. The van der Waals surface area contributed by atoms with Crippen LogP contribution in [0.25, 0.3) is 0 Å². The summed E-state index contributed by atoms with van der Waals surface area (Å²) >= 11 is 0. The zero-order chi connectivity index (χ0) is 18.3. The van der Waals surface area contributed by atoms with Crippen LogP contribution in [-0.4, -0.2) is 42.0 Å². The number of pyridine rings is 1. The van der Waals surface area contributed by atoms with E-state index in [4.69, 9.17) is 0 Å². The number of amides is 1. The maximum absolute atomic E-state index is 13.3. The SMILES string of the molecule is Cc1cc(C)c(C#N)c(N2CC[C@@]3(CCCN(CC4CCC4)C3=O)C2)n1. The van der Waals surface area contributed by atoms with Crippen LogP contribution in [0.5, 0.6) is 0 Å². The van der Waals surface area contributed by atoms with Gasteiger partial charge in [0.1, 0.15) is 11.9 Å². The van der Waals surface area contributed by atoms with Crippen LogP contribution >= 0.6 is 0 Å². The van der Waals surface area contributed by atoms with E-state index in [1.165, 1.54) is 19.3 Å². The Morgan fingerprint density at radius 1 is 1.27 bits per heavy atom. The summed E-state index contributed by atoms with van der Waals surface area (Å²) in [6.07, 6.45) is 6.82. The number of carbonyl (C=O) groups excluding carboxylic acids is 1. The minimum atomic E-state index is -0.270. The molecule has 138 valence electrons. The monoisotopic (exact) mass is 352 g/mol. The zero-order valence-electron chi connectivity index (χ0n) is 15.9. The van der Waals surface area contributed by atoms with Gasteiger partial charge in [-0.1, -0.05) is 6.42 Å². The van der Waals surface area contributed by atoms with Crippen LogP contribution in [-0.2, 0) is 4.79 Å². The van der Waals surface area contributed by atoms with Crippen LogP contribution in [0.3, 0.4) is 0 Å². The standard InChI is InChI=1S/C21H28N4O/c1-15-11-16(2)23-19(18(15)12-22)25-10-8-21(14-25)7-4-9-24(20(21)26)13-17-5-3-6-17/h11,17H,3-10,13-14H2,1-2H3/t21-/m0/s1. The molecule has 4 rings (SSSR count). The Kier molecular flexibility index (Phi) is 4.38. The summed E-state index contributed by atoms with van der Waals surface area (Å²) in [6.45, 7) is 7.32. The van der Waals surface area contributed by atoms with Gasteiger partial charge >= 0.3 is 0 Å². The van der Waals surface area contributed by atoms with Gasteiger partial charge in [-0.15, -0.1) is 0 Å². The predicted octanol–water partition coefficient (Wildman–Crippen LogP) is 3.19. The molecule has 0 bridgehead atoms. The Labute approximate surface area is 156 Å². The third-order valence-electron chi connectivity index (χ3n) is 6.62. The first-order valence-corrected chi connectivity index (χ1v) is 9.95. The largest absolute Gasteiger partial charge is 0.354 e. The van der Waals surface area contributed by atoms with Gasteiger partial charge in [-0.2, -0.15) is 5.26 Å². The summed E-state index contributed by atoms with van der Waals surface area (Å²) in [5.41, 5.74) is 2.28. The molecule has 5 heteroatoms. The van der Waals surface area contributed by atoms with Gasteiger partial charge in [0, 0.05) is 31.9 Å². The molecule has 1 aromatic rings. The van der Waals surface area contributed by atoms with Crippen molar-refractivity contribution in [3.05, 3.63) is 22.9 Å². The summed E-state index contributed by atoms with van der Waals surface area (Å²) < 4.78 is 0. The maximum atomic E-state index is 13.3. The van der Waals surface area contributed by atoms with E-state index in [0.29, 0.717) is 18.0 Å². The molecule has 1 aromatic heterocycles. The van der Waals surface area contributed by atoms with Crippen molar-refractivity contribution in [1.82, 2.24) is 9.88 Å². The number of nitriles is 1. The molecule has 1 spiro atoms. The van der Waals surface area contributed by atoms with E-state index in [9.17, 15) is 10.1 Å². The second-order valence-corrected chi connectivity index (χ2v) is 8.49. The highest BCUT2D eigenvalue weighted by atomic mass is 16.2. The highest BCUT2D eigenvalue weighted by Crippen LogP contribution is 2.43. The molecular formula is C21H28N4O. The Hall–Kier alpha value is -2.09. The lowest BCUT2D eigenvalue weighted by molar-refractivity contribution is -0.146. The molecule has 26 heavy (non-hydrogen) atoms. The van der Waals surface area contributed by atoms with Gasteiger partial charge in [0.2, 0.25) is 5.91 Å². The van der Waals surface area contributed by atoms with E-state index in [2.05, 4.69) is 20.9 Å². The number of carbonyl (C=O) groups is 1. The van der Waals surface area contributed by atoms with E-state index in [0.717, 1.165) is 61.9 Å². The molecule has 0 aromatic carbocycles. The first-order chi connectivity index (χ1) is 12.5. The number of hydrogen-bond donors (Lipinski definition) is 0. The highest BCUT2D eigenvalue weighted by molar-refractivity contribution is 5.85. The van der Waals surface area contributed by atoms with Gasteiger partial charge in [-0.05, 0) is 63.5 Å². The minimum absolute atomic E-state index is 0.270. The first-order valence-electron chi connectivity index (χ1n) is 9.95. The van der Waals surface area contributed by atoms with Gasteiger partial charge in [-0.25, -0.2) is 4.98 Å². The van der Waals surface area contributed by atoms with Crippen molar-refractivity contribution in [2.45, 2.75) is 52.4 Å². The number of likely N-dealkylation sites (tertiary alicyclic amines) is 1. The molecule has 2 saturated heterocycles. The number of anilines is 1. The van der Waals surface area contributed by atoms with Crippen LogP contribution in [0.2, 0.25) is 0 Å². The average molecular weight is 352 g/mol. The van der Waals surface area contributed by atoms with Crippen molar-refractivity contribution in [1.29, 1.82) is 5.26 Å². The van der Waals surface area contributed by atoms with Gasteiger partial charge in [-0.3, -0.25) is 4.79 Å². The number of piperidine rings is 1. The predicted molar refractivity (Wildman–Crippen MR) is 101 cm³/mol. The summed E-state index contributed by atoms with van der Waals surface area (Å²) in [5.74, 6) is 1.84. The molecular weight excluding hydrogens is 324 g/mol. The Morgan fingerprint density at radius 3 is 2.77 bits per heavy atom. The van der Waals surface area contributed by atoms with Crippen molar-refractivity contribution in [2.75, 3.05) is 31.1 Å². The lowest BCUT2D eigenvalue weighted by atomic mass is 9.77. The fraction of sp³-hybridized carbons (Fsp3) is 0.667. The van der Waals surface area contributed by atoms with Crippen LogP contribution in [0.4, 0.5) is 5.82 Å².